The molecule has 0 bridgehead atoms. The van der Waals surface area contributed by atoms with Gasteiger partial charge < -0.3 is 25.3 Å². The molecule has 6 aromatic rings. The maximum Gasteiger partial charge on any atom is 0.338 e. The summed E-state index contributed by atoms with van der Waals surface area (Å²) in [5.41, 5.74) is 6.55. The normalized spacial score (nSPS) is 14.9. The van der Waals surface area contributed by atoms with E-state index in [4.69, 9.17) is 10.8 Å². The molecular weight excluding hydrogens is 887 g/mol. The van der Waals surface area contributed by atoms with Crippen molar-refractivity contribution in [3.63, 3.8) is 0 Å². The summed E-state index contributed by atoms with van der Waals surface area (Å²) >= 11 is 0. The zero-order valence-corrected chi connectivity index (χ0v) is 38.0. The van der Waals surface area contributed by atoms with Crippen LogP contribution in [0.1, 0.15) is 98.3 Å². The Morgan fingerprint density at radius 2 is 1.18 bits per heavy atom. The van der Waals surface area contributed by atoms with E-state index < -0.39 is 49.1 Å². The quantitative estimate of drug-likeness (QED) is 0.131. The molecule has 0 fully saturated rings. The lowest BCUT2D eigenvalue weighted by Crippen LogP contribution is -2.25. The summed E-state index contributed by atoms with van der Waals surface area (Å²) in [6, 6.07) is 15.0. The molecule has 0 spiro atoms. The lowest BCUT2D eigenvalue weighted by Gasteiger charge is -2.12. The largest absolute Gasteiger partial charge is 0.478 e. The number of nitrogens with two attached hydrogens (primary N) is 1. The van der Waals surface area contributed by atoms with Gasteiger partial charge in [0.25, 0.3) is 5.91 Å². The molecule has 19 nitrogen and oxygen atoms in total. The third-order valence-corrected chi connectivity index (χ3v) is 14.0. The Morgan fingerprint density at radius 3 is 1.65 bits per heavy atom. The molecular formula is C42H48F2N12O7S2. The molecule has 0 saturated heterocycles. The number of pyridine rings is 2. The van der Waals surface area contributed by atoms with Gasteiger partial charge in [0, 0.05) is 38.3 Å². The molecule has 8 rings (SSSR count). The molecule has 1 amide bonds. The fourth-order valence-electron chi connectivity index (χ4n) is 6.98. The standard InChI is InChI=1S/C21H23FN6O3S.C11H12FNO4S.C10H13N5/c1-4-8-27-11-14-9-16(22)15(10-18(14)32(27,30)31)21(29)25-19-7-5-6-17(24-19)20-26-23-12-28(20)13(2)3;1-2-3-13-6-7-4-9(12)8(11(14)15)5-10(7)18(13,16)17;1-7(2)15-6-12-14-10(15)8-4-3-5-9(11)13-8/h5-7,9-10,12-13H,4,8,11H2,1-3H3,(H,24,25,29);4-5H,2-3,6H2,1H3,(H,14,15);3-7H,1-2H3,(H2,11,13). The third kappa shape index (κ3) is 10.2. The average molecular weight is 935 g/mol. The van der Waals surface area contributed by atoms with Crippen LogP contribution in [0, 0.1) is 11.6 Å². The summed E-state index contributed by atoms with van der Waals surface area (Å²) in [6.07, 6.45) is 4.57. The molecule has 4 aromatic heterocycles. The molecule has 23 heteroatoms. The Labute approximate surface area is 374 Å². The van der Waals surface area contributed by atoms with Crippen molar-refractivity contribution in [2.75, 3.05) is 24.1 Å². The number of anilines is 2. The number of benzene rings is 2. The van der Waals surface area contributed by atoms with Gasteiger partial charge in [-0.3, -0.25) is 4.79 Å². The first-order valence-electron chi connectivity index (χ1n) is 20.5. The van der Waals surface area contributed by atoms with E-state index in [2.05, 4.69) is 49.5 Å². The average Bonchev–Trinajstić information content (AvgIpc) is 4.03. The first-order chi connectivity index (χ1) is 30.8. The second-order valence-corrected chi connectivity index (χ2v) is 19.3. The summed E-state index contributed by atoms with van der Waals surface area (Å²) in [5, 5.41) is 27.3. The predicted molar refractivity (Wildman–Crippen MR) is 235 cm³/mol. The van der Waals surface area contributed by atoms with E-state index in [-0.39, 0.29) is 40.3 Å². The van der Waals surface area contributed by atoms with Crippen molar-refractivity contribution in [2.45, 2.75) is 89.3 Å². The summed E-state index contributed by atoms with van der Waals surface area (Å²) in [5.74, 6) is -2.00. The van der Waals surface area contributed by atoms with E-state index in [0.717, 1.165) is 35.8 Å². The monoisotopic (exact) mass is 934 g/mol. The molecule has 344 valence electrons. The van der Waals surface area contributed by atoms with Crippen LogP contribution in [0.4, 0.5) is 20.4 Å². The Balaban J connectivity index is 0.000000178. The Bertz CT molecular complexity index is 2960. The summed E-state index contributed by atoms with van der Waals surface area (Å²) in [4.78, 5) is 32.0. The maximum atomic E-state index is 14.7. The molecule has 2 aliphatic rings. The Hall–Kier alpha value is -6.56. The number of carbonyl (C=O) groups is 2. The minimum atomic E-state index is -3.75. The van der Waals surface area contributed by atoms with E-state index in [1.54, 1.807) is 36.9 Å². The van der Waals surface area contributed by atoms with Crippen LogP contribution in [0.3, 0.4) is 0 Å². The number of carboxylic acids is 1. The molecule has 2 aromatic carbocycles. The first-order valence-corrected chi connectivity index (χ1v) is 23.3. The van der Waals surface area contributed by atoms with Crippen molar-refractivity contribution < 1.29 is 40.3 Å². The van der Waals surface area contributed by atoms with Crippen LogP contribution in [-0.2, 0) is 33.1 Å². The van der Waals surface area contributed by atoms with Crippen molar-refractivity contribution in [1.82, 2.24) is 48.1 Å². The van der Waals surface area contributed by atoms with Crippen LogP contribution in [0.2, 0.25) is 0 Å². The highest BCUT2D eigenvalue weighted by atomic mass is 32.2. The van der Waals surface area contributed by atoms with Gasteiger partial charge >= 0.3 is 5.97 Å². The van der Waals surface area contributed by atoms with Gasteiger partial charge in [0.2, 0.25) is 20.0 Å². The van der Waals surface area contributed by atoms with Gasteiger partial charge in [-0.2, -0.15) is 8.61 Å². The zero-order valence-electron chi connectivity index (χ0n) is 36.3. The number of aromatic carboxylic acids is 1. The summed E-state index contributed by atoms with van der Waals surface area (Å²) < 4.78 is 84.1. The van der Waals surface area contributed by atoms with Gasteiger partial charge in [-0.25, -0.2) is 40.4 Å². The van der Waals surface area contributed by atoms with Gasteiger partial charge in [0.1, 0.15) is 47.3 Å². The van der Waals surface area contributed by atoms with E-state index in [9.17, 15) is 35.2 Å². The highest BCUT2D eigenvalue weighted by molar-refractivity contribution is 7.89. The SMILES string of the molecule is CC(C)n1cnnc1-c1cccc(N)n1.CCCN1Cc2cc(F)c(C(=O)Nc3cccc(-c4nncn4C(C)C)n3)cc2S1(=O)=O.CCCN1Cc2cc(F)c(C(=O)O)cc2S1(=O)=O. The van der Waals surface area contributed by atoms with E-state index in [1.165, 1.54) is 8.61 Å². The maximum absolute atomic E-state index is 14.7. The van der Waals surface area contributed by atoms with Crippen LogP contribution >= 0.6 is 0 Å². The van der Waals surface area contributed by atoms with Crippen LogP contribution in [-0.4, -0.2) is 95.0 Å². The topological polar surface area (TPSA) is 254 Å². The zero-order chi connectivity index (χ0) is 47.4. The number of fused-ring (bicyclic) bond motifs is 2. The lowest BCUT2D eigenvalue weighted by molar-refractivity contribution is 0.0691. The highest BCUT2D eigenvalue weighted by Gasteiger charge is 2.37. The molecule has 0 saturated carbocycles. The number of nitrogen functional groups attached to an aromatic ring is 1. The lowest BCUT2D eigenvalue weighted by atomic mass is 10.1. The van der Waals surface area contributed by atoms with Gasteiger partial charge in [-0.15, -0.1) is 20.4 Å². The second-order valence-electron chi connectivity index (χ2n) is 15.5. The van der Waals surface area contributed by atoms with Crippen LogP contribution in [0.15, 0.2) is 83.1 Å². The minimum Gasteiger partial charge on any atom is -0.478 e. The van der Waals surface area contributed by atoms with Crippen molar-refractivity contribution in [3.05, 3.63) is 107 Å². The molecule has 6 heterocycles. The Morgan fingerprint density at radius 1 is 0.723 bits per heavy atom. The number of nitrogens with zero attached hydrogens (tertiary/aromatic N) is 10. The van der Waals surface area contributed by atoms with E-state index in [1.807, 2.05) is 49.0 Å². The smallest absolute Gasteiger partial charge is 0.338 e. The molecule has 65 heavy (non-hydrogen) atoms. The van der Waals surface area contributed by atoms with Gasteiger partial charge in [0.15, 0.2) is 11.6 Å². The fraction of sp³-hybridized carbons (Fsp3) is 0.333. The summed E-state index contributed by atoms with van der Waals surface area (Å²) in [7, 11) is -7.43. The van der Waals surface area contributed by atoms with Crippen LogP contribution < -0.4 is 11.1 Å². The molecule has 0 atom stereocenters. The number of halogens is 2. The third-order valence-electron chi connectivity index (χ3n) is 10.1. The fourth-order valence-corrected chi connectivity index (χ4v) is 10.4. The number of sulfonamides is 2. The predicted octanol–water partition coefficient (Wildman–Crippen LogP) is 6.17. The van der Waals surface area contributed by atoms with Crippen LogP contribution in [0.25, 0.3) is 23.0 Å². The summed E-state index contributed by atoms with van der Waals surface area (Å²) in [6.45, 7) is 12.7. The molecule has 0 unspecified atom stereocenters. The van der Waals surface area contributed by atoms with E-state index >= 15 is 0 Å². The van der Waals surface area contributed by atoms with Gasteiger partial charge in [-0.1, -0.05) is 26.0 Å². The molecule has 0 radical (unpaired) electrons. The van der Waals surface area contributed by atoms with E-state index in [0.29, 0.717) is 60.4 Å². The minimum absolute atomic E-state index is 0.0377. The molecule has 2 aliphatic heterocycles. The van der Waals surface area contributed by atoms with Crippen molar-refractivity contribution >= 4 is 43.6 Å². The van der Waals surface area contributed by atoms with Crippen molar-refractivity contribution in [2.24, 2.45) is 0 Å². The highest BCUT2D eigenvalue weighted by Crippen LogP contribution is 2.34. The number of rotatable bonds is 11. The number of nitrogens with one attached hydrogen (secondary N) is 1. The number of carbonyl (C=O) groups excluding carboxylic acids is 1. The van der Waals surface area contributed by atoms with Gasteiger partial charge in [0.05, 0.1) is 20.9 Å². The number of hydrogen-bond acceptors (Lipinski definition) is 13. The molecule has 4 N–H and O–H groups in total. The Kier molecular flexibility index (Phi) is 14.5. The van der Waals surface area contributed by atoms with Crippen molar-refractivity contribution in [1.29, 1.82) is 0 Å². The second kappa shape index (κ2) is 19.7. The molecule has 0 aliphatic carbocycles. The first kappa shape index (κ1) is 47.9. The number of amides is 1. The van der Waals surface area contributed by atoms with Crippen molar-refractivity contribution in [3.8, 4) is 23.0 Å². The number of carboxylic acid groups (broad SMARTS) is 1. The number of aromatic nitrogens is 8. The number of hydrogen-bond donors (Lipinski definition) is 3. The van der Waals surface area contributed by atoms with Crippen LogP contribution in [0.5, 0.6) is 0 Å². The van der Waals surface area contributed by atoms with Gasteiger partial charge in [-0.05, 0) is 100 Å².